The summed E-state index contributed by atoms with van der Waals surface area (Å²) in [4.78, 5) is 16.5. The van der Waals surface area contributed by atoms with Crippen LogP contribution in [0.25, 0.3) is 0 Å². The molecule has 2 rings (SSSR count). The number of hydrogen-bond acceptors (Lipinski definition) is 4. The standard InChI is InChI=1S/C16H29N5O2/c1-13(2)11-14-12-23-10-9-21(14)16(22)17-15-5-6-20(18-15)8-7-19(3)4/h5-6,13-14H,7-12H2,1-4H3,(H,17,18,22)/t14-/m1/s1. The van der Waals surface area contributed by atoms with Gasteiger partial charge in [-0.2, -0.15) is 5.10 Å². The summed E-state index contributed by atoms with van der Waals surface area (Å²) in [5, 5.41) is 7.31. The van der Waals surface area contributed by atoms with Crippen molar-refractivity contribution >= 4 is 11.8 Å². The van der Waals surface area contributed by atoms with Crippen molar-refractivity contribution in [1.82, 2.24) is 19.6 Å². The second-order valence-corrected chi connectivity index (χ2v) is 6.75. The second-order valence-electron chi connectivity index (χ2n) is 6.75. The minimum atomic E-state index is -0.0863. The first-order valence-electron chi connectivity index (χ1n) is 8.29. The molecule has 7 nitrogen and oxygen atoms in total. The number of likely N-dealkylation sites (N-methyl/N-ethyl adjacent to an activating group) is 1. The molecule has 2 amide bonds. The minimum absolute atomic E-state index is 0.0863. The van der Waals surface area contributed by atoms with Crippen LogP contribution in [-0.2, 0) is 11.3 Å². The minimum Gasteiger partial charge on any atom is -0.377 e. The Kier molecular flexibility index (Phi) is 6.41. The molecule has 0 aromatic carbocycles. The first-order chi connectivity index (χ1) is 11.0. The lowest BCUT2D eigenvalue weighted by atomic mass is 10.0. The zero-order valence-electron chi connectivity index (χ0n) is 14.7. The third kappa shape index (κ3) is 5.51. The van der Waals surface area contributed by atoms with Crippen LogP contribution < -0.4 is 5.32 Å². The fraction of sp³-hybridized carbons (Fsp3) is 0.750. The summed E-state index contributed by atoms with van der Waals surface area (Å²) in [6.07, 6.45) is 2.84. The van der Waals surface area contributed by atoms with Crippen molar-refractivity contribution in [2.45, 2.75) is 32.9 Å². The number of morpholine rings is 1. The molecule has 1 N–H and O–H groups in total. The van der Waals surface area contributed by atoms with Gasteiger partial charge in [0.05, 0.1) is 25.8 Å². The predicted molar refractivity (Wildman–Crippen MR) is 90.6 cm³/mol. The van der Waals surface area contributed by atoms with Gasteiger partial charge in [-0.05, 0) is 26.4 Å². The van der Waals surface area contributed by atoms with Gasteiger partial charge in [0, 0.05) is 25.4 Å². The lowest BCUT2D eigenvalue weighted by Crippen LogP contribution is -2.50. The van der Waals surface area contributed by atoms with E-state index < -0.39 is 0 Å². The zero-order valence-corrected chi connectivity index (χ0v) is 14.7. The number of nitrogens with one attached hydrogen (secondary N) is 1. The fourth-order valence-electron chi connectivity index (χ4n) is 2.70. The molecule has 23 heavy (non-hydrogen) atoms. The Hall–Kier alpha value is -1.60. The number of urea groups is 1. The van der Waals surface area contributed by atoms with E-state index >= 15 is 0 Å². The average Bonchev–Trinajstić information content (AvgIpc) is 2.92. The number of rotatable bonds is 6. The van der Waals surface area contributed by atoms with E-state index in [0.29, 0.717) is 31.5 Å². The number of anilines is 1. The summed E-state index contributed by atoms with van der Waals surface area (Å²) >= 11 is 0. The lowest BCUT2D eigenvalue weighted by molar-refractivity contribution is 0.00855. The molecule has 1 aliphatic heterocycles. The molecule has 0 saturated carbocycles. The Bertz CT molecular complexity index is 500. The van der Waals surface area contributed by atoms with Gasteiger partial charge in [0.2, 0.25) is 0 Å². The number of nitrogens with zero attached hydrogens (tertiary/aromatic N) is 4. The molecule has 1 aromatic rings. The lowest BCUT2D eigenvalue weighted by Gasteiger charge is -2.36. The summed E-state index contributed by atoms with van der Waals surface area (Å²) in [6.45, 7) is 7.88. The average molecular weight is 323 g/mol. The number of carbonyl (C=O) groups excluding carboxylic acids is 1. The Morgan fingerprint density at radius 3 is 3.00 bits per heavy atom. The van der Waals surface area contributed by atoms with E-state index in [-0.39, 0.29) is 12.1 Å². The Morgan fingerprint density at radius 1 is 1.52 bits per heavy atom. The molecule has 2 heterocycles. The molecular formula is C16H29N5O2. The van der Waals surface area contributed by atoms with E-state index in [2.05, 4.69) is 29.2 Å². The SMILES string of the molecule is CC(C)C[C@@H]1COCCN1C(=O)Nc1ccn(CCN(C)C)n1. The largest absolute Gasteiger partial charge is 0.377 e. The predicted octanol–water partition coefficient (Wildman–Crippen LogP) is 1.72. The Labute approximate surface area is 138 Å². The van der Waals surface area contributed by atoms with Gasteiger partial charge in [-0.25, -0.2) is 4.79 Å². The van der Waals surface area contributed by atoms with Gasteiger partial charge in [0.25, 0.3) is 0 Å². The molecule has 0 aliphatic carbocycles. The van der Waals surface area contributed by atoms with Crippen LogP contribution in [0.4, 0.5) is 10.6 Å². The van der Waals surface area contributed by atoms with Crippen LogP contribution in [0.1, 0.15) is 20.3 Å². The number of aromatic nitrogens is 2. The number of amides is 2. The topological polar surface area (TPSA) is 62.6 Å². The maximum atomic E-state index is 12.5. The maximum Gasteiger partial charge on any atom is 0.323 e. The van der Waals surface area contributed by atoms with Crippen molar-refractivity contribution in [3.63, 3.8) is 0 Å². The van der Waals surface area contributed by atoms with E-state index in [0.717, 1.165) is 19.5 Å². The van der Waals surface area contributed by atoms with E-state index in [1.54, 1.807) is 0 Å². The maximum absolute atomic E-state index is 12.5. The first kappa shape index (κ1) is 17.7. The van der Waals surface area contributed by atoms with E-state index in [1.807, 2.05) is 35.9 Å². The molecule has 0 unspecified atom stereocenters. The van der Waals surface area contributed by atoms with Gasteiger partial charge in [0.15, 0.2) is 5.82 Å². The number of carbonyl (C=O) groups is 1. The van der Waals surface area contributed by atoms with Crippen LogP contribution in [0, 0.1) is 5.92 Å². The van der Waals surface area contributed by atoms with Crippen LogP contribution in [-0.4, -0.2) is 72.1 Å². The van der Waals surface area contributed by atoms with Crippen LogP contribution in [0.3, 0.4) is 0 Å². The van der Waals surface area contributed by atoms with Crippen molar-refractivity contribution in [3.05, 3.63) is 12.3 Å². The van der Waals surface area contributed by atoms with Crippen molar-refractivity contribution in [3.8, 4) is 0 Å². The smallest absolute Gasteiger partial charge is 0.323 e. The molecule has 1 aliphatic rings. The fourth-order valence-corrected chi connectivity index (χ4v) is 2.70. The highest BCUT2D eigenvalue weighted by Crippen LogP contribution is 2.17. The molecule has 130 valence electrons. The highest BCUT2D eigenvalue weighted by Gasteiger charge is 2.28. The van der Waals surface area contributed by atoms with Crippen LogP contribution in [0.2, 0.25) is 0 Å². The van der Waals surface area contributed by atoms with Gasteiger partial charge < -0.3 is 14.5 Å². The number of hydrogen-bond donors (Lipinski definition) is 1. The first-order valence-corrected chi connectivity index (χ1v) is 8.29. The van der Waals surface area contributed by atoms with Crippen molar-refractivity contribution in [2.24, 2.45) is 5.92 Å². The van der Waals surface area contributed by atoms with Gasteiger partial charge in [-0.1, -0.05) is 13.8 Å². The highest BCUT2D eigenvalue weighted by atomic mass is 16.5. The van der Waals surface area contributed by atoms with E-state index in [1.165, 1.54) is 0 Å². The normalized spacial score (nSPS) is 18.7. The van der Waals surface area contributed by atoms with Gasteiger partial charge in [-0.15, -0.1) is 0 Å². The monoisotopic (exact) mass is 323 g/mol. The molecule has 1 aromatic heterocycles. The quantitative estimate of drug-likeness (QED) is 0.866. The third-order valence-electron chi connectivity index (χ3n) is 3.88. The molecule has 1 fully saturated rings. The molecule has 0 spiro atoms. The Morgan fingerprint density at radius 2 is 2.30 bits per heavy atom. The van der Waals surface area contributed by atoms with Gasteiger partial charge in [0.1, 0.15) is 0 Å². The molecule has 0 bridgehead atoms. The van der Waals surface area contributed by atoms with Gasteiger partial charge >= 0.3 is 6.03 Å². The van der Waals surface area contributed by atoms with Crippen molar-refractivity contribution in [2.75, 3.05) is 45.7 Å². The van der Waals surface area contributed by atoms with Crippen LogP contribution >= 0.6 is 0 Å². The van der Waals surface area contributed by atoms with E-state index in [9.17, 15) is 4.79 Å². The van der Waals surface area contributed by atoms with Gasteiger partial charge in [-0.3, -0.25) is 10.00 Å². The van der Waals surface area contributed by atoms with Crippen molar-refractivity contribution < 1.29 is 9.53 Å². The highest BCUT2D eigenvalue weighted by molar-refractivity contribution is 5.88. The zero-order chi connectivity index (χ0) is 16.8. The molecule has 7 heteroatoms. The van der Waals surface area contributed by atoms with Crippen LogP contribution in [0.5, 0.6) is 0 Å². The second kappa shape index (κ2) is 8.31. The molecule has 1 saturated heterocycles. The van der Waals surface area contributed by atoms with E-state index in [4.69, 9.17) is 4.74 Å². The summed E-state index contributed by atoms with van der Waals surface area (Å²) in [5.74, 6) is 1.13. The van der Waals surface area contributed by atoms with Crippen molar-refractivity contribution in [1.29, 1.82) is 0 Å². The summed E-state index contributed by atoms with van der Waals surface area (Å²) < 4.78 is 7.37. The van der Waals surface area contributed by atoms with Crippen LogP contribution in [0.15, 0.2) is 12.3 Å². The number of ether oxygens (including phenoxy) is 1. The molecule has 1 atom stereocenters. The summed E-state index contributed by atoms with van der Waals surface area (Å²) in [5.41, 5.74) is 0. The molecular weight excluding hydrogens is 294 g/mol. The molecule has 0 radical (unpaired) electrons. The summed E-state index contributed by atoms with van der Waals surface area (Å²) in [6, 6.07) is 1.89. The third-order valence-corrected chi connectivity index (χ3v) is 3.88. The summed E-state index contributed by atoms with van der Waals surface area (Å²) in [7, 11) is 4.05. The Balaban J connectivity index is 1.91.